The first-order valence-electron chi connectivity index (χ1n) is 6.47. The monoisotopic (exact) mass is 352 g/mol. The first-order chi connectivity index (χ1) is 11.0. The summed E-state index contributed by atoms with van der Waals surface area (Å²) >= 11 is 0. The molecular formula is C15H16N2O6S. The van der Waals surface area contributed by atoms with Crippen LogP contribution in [0.15, 0.2) is 47.4 Å². The van der Waals surface area contributed by atoms with Crippen LogP contribution in [0.3, 0.4) is 0 Å². The van der Waals surface area contributed by atoms with Gasteiger partial charge in [0.1, 0.15) is 0 Å². The van der Waals surface area contributed by atoms with Crippen molar-refractivity contribution < 1.29 is 28.6 Å². The van der Waals surface area contributed by atoms with E-state index in [1.807, 2.05) is 6.92 Å². The maximum absolute atomic E-state index is 10.7. The second kappa shape index (κ2) is 7.57. The molecule has 0 saturated heterocycles. The molecule has 2 rings (SSSR count). The molecule has 0 aliphatic heterocycles. The van der Waals surface area contributed by atoms with Crippen molar-refractivity contribution in [2.24, 2.45) is 0 Å². The number of hydrogen-bond acceptors (Lipinski definition) is 5. The Hall–Kier alpha value is -2.91. The summed E-state index contributed by atoms with van der Waals surface area (Å²) in [6.07, 6.45) is 0. The van der Waals surface area contributed by atoms with E-state index < -0.39 is 21.9 Å². The fourth-order valence-corrected chi connectivity index (χ4v) is 2.21. The second-order valence-corrected chi connectivity index (χ2v) is 6.24. The number of aryl methyl sites for hydroxylation is 1. The van der Waals surface area contributed by atoms with Crippen LogP contribution in [0.4, 0.5) is 5.69 Å². The number of carboxylic acid groups (broad SMARTS) is 2. The second-order valence-electron chi connectivity index (χ2n) is 4.72. The zero-order valence-corrected chi connectivity index (χ0v) is 13.4. The fourth-order valence-electron chi connectivity index (χ4n) is 1.71. The standard InChI is InChI=1S/C8H7NO4.C7H9NO2S/c9-5-3-1-2-4(7(10)11)6(5)8(12)13;1-6-2-4-7(5-3-6)11(8,9)10/h1-3H,9H2,(H,10,11)(H,12,13);2-5H,1H3,(H2,8,9,10). The largest absolute Gasteiger partial charge is 0.478 e. The molecule has 9 heteroatoms. The highest BCUT2D eigenvalue weighted by Gasteiger charge is 2.17. The van der Waals surface area contributed by atoms with Crippen molar-refractivity contribution in [3.8, 4) is 0 Å². The molecule has 0 aliphatic carbocycles. The van der Waals surface area contributed by atoms with Gasteiger partial charge in [-0.05, 0) is 31.2 Å². The van der Waals surface area contributed by atoms with Gasteiger partial charge in [0.2, 0.25) is 0 Å². The van der Waals surface area contributed by atoms with Crippen LogP contribution in [0.5, 0.6) is 0 Å². The number of nitrogens with one attached hydrogen (secondary N) is 1. The summed E-state index contributed by atoms with van der Waals surface area (Å²) in [5.74, 6) is -2.64. The average molecular weight is 352 g/mol. The van der Waals surface area contributed by atoms with Crippen molar-refractivity contribution in [1.82, 2.24) is 0 Å². The molecule has 6 N–H and O–H groups in total. The molecule has 0 saturated carbocycles. The summed E-state index contributed by atoms with van der Waals surface area (Å²) < 4.78 is 26.3. The van der Waals surface area contributed by atoms with Crippen LogP contribution >= 0.6 is 0 Å². The number of nitrogens with two attached hydrogens (primary N) is 1. The molecule has 0 heterocycles. The number of carboxylic acids is 2. The topological polar surface area (TPSA) is 162 Å². The molecule has 0 aromatic heterocycles. The Morgan fingerprint density at radius 2 is 1.58 bits per heavy atom. The highest BCUT2D eigenvalue weighted by atomic mass is 32.2. The fraction of sp³-hybridized carbons (Fsp3) is 0.0667. The zero-order valence-electron chi connectivity index (χ0n) is 12.6. The van der Waals surface area contributed by atoms with Crippen LogP contribution in [0, 0.1) is 11.7 Å². The van der Waals surface area contributed by atoms with E-state index in [-0.39, 0.29) is 21.7 Å². The Balaban J connectivity index is 0.000000243. The van der Waals surface area contributed by atoms with E-state index in [2.05, 4.69) is 0 Å². The van der Waals surface area contributed by atoms with Gasteiger partial charge in [0, 0.05) is 5.69 Å². The SMILES string of the molecule is Cc1ccc(S(=N)(=O)O)cc1.Nc1cccc(C(=O)O)c1C(=O)O. The van der Waals surface area contributed by atoms with Gasteiger partial charge in [-0.1, -0.05) is 23.8 Å². The molecule has 2 aromatic rings. The predicted molar refractivity (Wildman–Crippen MR) is 87.7 cm³/mol. The van der Waals surface area contributed by atoms with Crippen LogP contribution in [-0.4, -0.2) is 30.9 Å². The number of benzene rings is 2. The molecular weight excluding hydrogens is 336 g/mol. The zero-order chi connectivity index (χ0) is 18.5. The average Bonchev–Trinajstić information content (AvgIpc) is 2.46. The lowest BCUT2D eigenvalue weighted by atomic mass is 10.1. The molecule has 0 radical (unpaired) electrons. The molecule has 128 valence electrons. The van der Waals surface area contributed by atoms with Crippen molar-refractivity contribution >= 4 is 27.6 Å². The number of aromatic carboxylic acids is 2. The lowest BCUT2D eigenvalue weighted by Gasteiger charge is -2.03. The Labute approximate surface area is 138 Å². The van der Waals surface area contributed by atoms with E-state index in [1.54, 1.807) is 12.1 Å². The number of hydrogen-bond donors (Lipinski definition) is 5. The van der Waals surface area contributed by atoms with Gasteiger partial charge in [0.25, 0.3) is 0 Å². The smallest absolute Gasteiger partial charge is 0.338 e. The van der Waals surface area contributed by atoms with Crippen LogP contribution in [-0.2, 0) is 10.0 Å². The Morgan fingerprint density at radius 1 is 1.04 bits per heavy atom. The van der Waals surface area contributed by atoms with E-state index in [4.69, 9.17) is 25.3 Å². The van der Waals surface area contributed by atoms with Gasteiger partial charge in [-0.2, -0.15) is 0 Å². The number of nitrogen functional groups attached to an aromatic ring is 1. The normalized spacial score (nSPS) is 12.4. The molecule has 24 heavy (non-hydrogen) atoms. The van der Waals surface area contributed by atoms with Gasteiger partial charge in [-0.25, -0.2) is 18.6 Å². The summed E-state index contributed by atoms with van der Waals surface area (Å²) in [6.45, 7) is 1.88. The van der Waals surface area contributed by atoms with Gasteiger partial charge < -0.3 is 15.9 Å². The van der Waals surface area contributed by atoms with Crippen molar-refractivity contribution in [2.75, 3.05) is 5.73 Å². The van der Waals surface area contributed by atoms with Crippen LogP contribution in [0.2, 0.25) is 0 Å². The van der Waals surface area contributed by atoms with Crippen molar-refractivity contribution in [3.63, 3.8) is 0 Å². The lowest BCUT2D eigenvalue weighted by Crippen LogP contribution is -2.10. The van der Waals surface area contributed by atoms with Crippen LogP contribution in [0.25, 0.3) is 0 Å². The molecule has 2 aromatic carbocycles. The first kappa shape index (κ1) is 19.1. The highest BCUT2D eigenvalue weighted by molar-refractivity contribution is 7.86. The Bertz CT molecular complexity index is 860. The summed E-state index contributed by atoms with van der Waals surface area (Å²) in [5, 5.41) is 17.3. The van der Waals surface area contributed by atoms with Gasteiger partial charge >= 0.3 is 11.9 Å². The van der Waals surface area contributed by atoms with E-state index >= 15 is 0 Å². The molecule has 0 bridgehead atoms. The van der Waals surface area contributed by atoms with Gasteiger partial charge in [-0.15, -0.1) is 0 Å². The van der Waals surface area contributed by atoms with Crippen LogP contribution < -0.4 is 5.73 Å². The highest BCUT2D eigenvalue weighted by Crippen LogP contribution is 2.16. The number of anilines is 1. The van der Waals surface area contributed by atoms with Gasteiger partial charge in [-0.3, -0.25) is 4.55 Å². The molecule has 0 fully saturated rings. The Kier molecular flexibility index (Phi) is 6.04. The summed E-state index contributed by atoms with van der Waals surface area (Å²) in [6, 6.07) is 10.3. The molecule has 1 atom stereocenters. The van der Waals surface area contributed by atoms with Crippen molar-refractivity contribution in [2.45, 2.75) is 11.8 Å². The first-order valence-corrected chi connectivity index (χ1v) is 7.98. The molecule has 0 aliphatic rings. The van der Waals surface area contributed by atoms with Crippen molar-refractivity contribution in [1.29, 1.82) is 4.78 Å². The van der Waals surface area contributed by atoms with E-state index in [1.165, 1.54) is 30.3 Å². The molecule has 1 unspecified atom stereocenters. The number of carbonyl (C=O) groups is 2. The number of rotatable bonds is 3. The lowest BCUT2D eigenvalue weighted by molar-refractivity contribution is 0.0652. The van der Waals surface area contributed by atoms with Gasteiger partial charge in [0.15, 0.2) is 10.0 Å². The third-order valence-corrected chi connectivity index (χ3v) is 3.79. The summed E-state index contributed by atoms with van der Waals surface area (Å²) in [7, 11) is -3.52. The maximum atomic E-state index is 10.7. The predicted octanol–water partition coefficient (Wildman–Crippen LogP) is 2.54. The molecule has 0 spiro atoms. The third-order valence-electron chi connectivity index (χ3n) is 2.88. The maximum Gasteiger partial charge on any atom is 0.338 e. The minimum atomic E-state index is -3.52. The van der Waals surface area contributed by atoms with E-state index in [0.717, 1.165) is 5.56 Å². The summed E-state index contributed by atoms with van der Waals surface area (Å²) in [4.78, 5) is 21.3. The molecule has 0 amide bonds. The quantitative estimate of drug-likeness (QED) is 0.530. The van der Waals surface area contributed by atoms with Crippen LogP contribution in [0.1, 0.15) is 26.3 Å². The minimum Gasteiger partial charge on any atom is -0.478 e. The Morgan fingerprint density at radius 3 is 1.96 bits per heavy atom. The van der Waals surface area contributed by atoms with Gasteiger partial charge in [0.05, 0.1) is 16.0 Å². The van der Waals surface area contributed by atoms with E-state index in [9.17, 15) is 13.8 Å². The molecule has 8 nitrogen and oxygen atoms in total. The van der Waals surface area contributed by atoms with Crippen molar-refractivity contribution in [3.05, 3.63) is 59.2 Å². The summed E-state index contributed by atoms with van der Waals surface area (Å²) in [5.41, 5.74) is 5.61. The third kappa shape index (κ3) is 5.07. The van der Waals surface area contributed by atoms with E-state index in [0.29, 0.717) is 0 Å². The minimum absolute atomic E-state index is 0.0487.